The maximum absolute atomic E-state index is 12.0. The van der Waals surface area contributed by atoms with Crippen molar-refractivity contribution >= 4 is 11.6 Å². The van der Waals surface area contributed by atoms with Crippen molar-refractivity contribution in [3.63, 3.8) is 0 Å². The number of nitro benzene ring substituents is 1. The van der Waals surface area contributed by atoms with Crippen molar-refractivity contribution in [3.05, 3.63) is 39.9 Å². The molecule has 10 heteroatoms. The van der Waals surface area contributed by atoms with E-state index in [-0.39, 0.29) is 17.8 Å². The molecule has 0 spiro atoms. The molecule has 132 valence electrons. The molecular weight excluding hydrogens is 324 g/mol. The van der Waals surface area contributed by atoms with Crippen LogP contribution in [0.4, 0.5) is 5.69 Å². The molecule has 2 rings (SSSR count). The summed E-state index contributed by atoms with van der Waals surface area (Å²) < 4.78 is 5.25. The van der Waals surface area contributed by atoms with Crippen LogP contribution >= 0.6 is 0 Å². The summed E-state index contributed by atoms with van der Waals surface area (Å²) in [5, 5.41) is 51.3. The number of nitro groups is 1. The summed E-state index contributed by atoms with van der Waals surface area (Å²) in [5.74, 6) is -0.554. The first-order valence-electron chi connectivity index (χ1n) is 7.18. The molecule has 0 unspecified atom stereocenters. The van der Waals surface area contributed by atoms with Crippen molar-refractivity contribution in [2.75, 3.05) is 13.2 Å². The summed E-state index contributed by atoms with van der Waals surface area (Å²) in [4.78, 5) is 22.0. The minimum Gasteiger partial charge on any atom is -0.394 e. The third-order valence-electron chi connectivity index (χ3n) is 3.80. The maximum atomic E-state index is 12.0. The van der Waals surface area contributed by atoms with Gasteiger partial charge in [0.2, 0.25) is 0 Å². The van der Waals surface area contributed by atoms with Gasteiger partial charge in [-0.1, -0.05) is 0 Å². The van der Waals surface area contributed by atoms with Gasteiger partial charge in [0.25, 0.3) is 11.6 Å². The lowest BCUT2D eigenvalue weighted by Crippen LogP contribution is -2.60. The molecule has 1 aromatic rings. The highest BCUT2D eigenvalue weighted by atomic mass is 16.6. The molecule has 0 bridgehead atoms. The Morgan fingerprint density at radius 3 is 2.25 bits per heavy atom. The molecule has 1 fully saturated rings. The van der Waals surface area contributed by atoms with Gasteiger partial charge in [0.1, 0.15) is 30.5 Å². The first-order chi connectivity index (χ1) is 11.3. The van der Waals surface area contributed by atoms with Crippen molar-refractivity contribution in [1.29, 1.82) is 0 Å². The smallest absolute Gasteiger partial charge is 0.269 e. The molecular formula is C14H18N2O8. The van der Waals surface area contributed by atoms with E-state index in [4.69, 9.17) is 9.84 Å². The third kappa shape index (κ3) is 3.86. The Bertz CT molecular complexity index is 591. The molecule has 1 saturated heterocycles. The predicted octanol–water partition coefficient (Wildman–Crippen LogP) is -1.83. The van der Waals surface area contributed by atoms with Crippen LogP contribution in [0.5, 0.6) is 0 Å². The van der Waals surface area contributed by atoms with Crippen LogP contribution in [0, 0.1) is 10.1 Å². The summed E-state index contributed by atoms with van der Waals surface area (Å²) >= 11 is 0. The topological polar surface area (TPSA) is 162 Å². The second-order valence-electron chi connectivity index (χ2n) is 5.38. The minimum atomic E-state index is -1.52. The Kier molecular flexibility index (Phi) is 5.80. The van der Waals surface area contributed by atoms with Gasteiger partial charge in [-0.3, -0.25) is 14.9 Å². The molecule has 5 atom stereocenters. The fourth-order valence-electron chi connectivity index (χ4n) is 2.38. The SMILES string of the molecule is O=C(NC[C@@H]1O[C@H](CO)[C@@H](O)[C@H](O)[C@H]1O)c1ccc([N+](=O)[O-])cc1. The fraction of sp³-hybridized carbons (Fsp3) is 0.500. The number of hydrogen-bond acceptors (Lipinski definition) is 8. The lowest BCUT2D eigenvalue weighted by Gasteiger charge is -2.40. The molecule has 10 nitrogen and oxygen atoms in total. The molecule has 0 radical (unpaired) electrons. The van der Waals surface area contributed by atoms with E-state index < -0.39 is 48.0 Å². The lowest BCUT2D eigenvalue weighted by molar-refractivity contribution is -0.384. The van der Waals surface area contributed by atoms with E-state index in [9.17, 15) is 30.2 Å². The van der Waals surface area contributed by atoms with Crippen LogP contribution in [-0.4, -0.2) is 74.9 Å². The molecule has 5 N–H and O–H groups in total. The normalized spacial score (nSPS) is 29.9. The van der Waals surface area contributed by atoms with Crippen molar-refractivity contribution < 1.29 is 34.9 Å². The average molecular weight is 342 g/mol. The number of nitrogens with one attached hydrogen (secondary N) is 1. The summed E-state index contributed by atoms with van der Waals surface area (Å²) in [7, 11) is 0. The van der Waals surface area contributed by atoms with Gasteiger partial charge in [-0.15, -0.1) is 0 Å². The number of carbonyl (C=O) groups excluding carboxylic acids is 1. The number of benzene rings is 1. The first-order valence-corrected chi connectivity index (χ1v) is 7.18. The van der Waals surface area contributed by atoms with Gasteiger partial charge in [-0.05, 0) is 12.1 Å². The second-order valence-corrected chi connectivity index (χ2v) is 5.38. The number of aliphatic hydroxyl groups excluding tert-OH is 4. The zero-order chi connectivity index (χ0) is 17.9. The van der Waals surface area contributed by atoms with Crippen molar-refractivity contribution in [3.8, 4) is 0 Å². The number of carbonyl (C=O) groups is 1. The molecule has 1 aliphatic rings. The van der Waals surface area contributed by atoms with Crippen molar-refractivity contribution in [2.24, 2.45) is 0 Å². The zero-order valence-corrected chi connectivity index (χ0v) is 12.5. The highest BCUT2D eigenvalue weighted by molar-refractivity contribution is 5.94. The molecule has 0 aromatic heterocycles. The number of hydrogen-bond donors (Lipinski definition) is 5. The van der Waals surface area contributed by atoms with Gasteiger partial charge in [-0.25, -0.2) is 0 Å². The molecule has 1 aliphatic heterocycles. The van der Waals surface area contributed by atoms with Crippen molar-refractivity contribution in [1.82, 2.24) is 5.32 Å². The molecule has 24 heavy (non-hydrogen) atoms. The van der Waals surface area contributed by atoms with Crippen LogP contribution in [0.3, 0.4) is 0 Å². The summed E-state index contributed by atoms with van der Waals surface area (Å²) in [5.41, 5.74) is 0.0191. The Hall–Kier alpha value is -2.11. The first kappa shape index (κ1) is 18.2. The van der Waals surface area contributed by atoms with Crippen LogP contribution < -0.4 is 5.32 Å². The van der Waals surface area contributed by atoms with E-state index in [1.807, 2.05) is 0 Å². The van der Waals surface area contributed by atoms with E-state index in [2.05, 4.69) is 5.32 Å². The highest BCUT2D eigenvalue weighted by Gasteiger charge is 2.43. The van der Waals surface area contributed by atoms with E-state index in [1.165, 1.54) is 24.3 Å². The van der Waals surface area contributed by atoms with Crippen LogP contribution in [0.15, 0.2) is 24.3 Å². The van der Waals surface area contributed by atoms with Crippen LogP contribution in [-0.2, 0) is 4.74 Å². The van der Waals surface area contributed by atoms with Gasteiger partial charge < -0.3 is 30.5 Å². The number of amides is 1. The lowest BCUT2D eigenvalue weighted by atomic mass is 9.95. The van der Waals surface area contributed by atoms with E-state index >= 15 is 0 Å². The summed E-state index contributed by atoms with van der Waals surface area (Å²) in [6, 6.07) is 4.92. The highest BCUT2D eigenvalue weighted by Crippen LogP contribution is 2.21. The van der Waals surface area contributed by atoms with Crippen LogP contribution in [0.2, 0.25) is 0 Å². The molecule has 1 amide bonds. The van der Waals surface area contributed by atoms with Crippen LogP contribution in [0.25, 0.3) is 0 Å². The van der Waals surface area contributed by atoms with Crippen molar-refractivity contribution in [2.45, 2.75) is 30.5 Å². The quantitative estimate of drug-likeness (QED) is 0.308. The number of non-ortho nitro benzene ring substituents is 1. The Morgan fingerprint density at radius 2 is 1.71 bits per heavy atom. The third-order valence-corrected chi connectivity index (χ3v) is 3.80. The Balaban J connectivity index is 1.96. The standard InChI is InChI=1S/C14H18N2O8/c17-6-10-12(19)13(20)11(18)9(24-10)5-15-14(21)7-1-3-8(4-2-7)16(22)23/h1-4,9-13,17-20H,5-6H2,(H,15,21)/t9-,10+,11-,12+,13+/m0/s1. The minimum absolute atomic E-state index is 0.152. The largest absolute Gasteiger partial charge is 0.394 e. The Labute approximate surface area is 136 Å². The summed E-state index contributed by atoms with van der Waals surface area (Å²) in [6.07, 6.45) is -6.50. The number of ether oxygens (including phenoxy) is 1. The number of aliphatic hydroxyl groups is 4. The predicted molar refractivity (Wildman–Crippen MR) is 79.2 cm³/mol. The van der Waals surface area contributed by atoms with E-state index in [0.29, 0.717) is 0 Å². The number of nitrogens with zero attached hydrogens (tertiary/aromatic N) is 1. The van der Waals surface area contributed by atoms with Crippen LogP contribution in [0.1, 0.15) is 10.4 Å². The Morgan fingerprint density at radius 1 is 1.12 bits per heavy atom. The van der Waals surface area contributed by atoms with Gasteiger partial charge in [0.05, 0.1) is 11.5 Å². The van der Waals surface area contributed by atoms with Gasteiger partial charge in [0.15, 0.2) is 0 Å². The monoisotopic (exact) mass is 342 g/mol. The molecule has 0 saturated carbocycles. The van der Waals surface area contributed by atoms with E-state index in [0.717, 1.165) is 0 Å². The van der Waals surface area contributed by atoms with Gasteiger partial charge >= 0.3 is 0 Å². The maximum Gasteiger partial charge on any atom is 0.269 e. The molecule has 1 aromatic carbocycles. The van der Waals surface area contributed by atoms with Gasteiger partial charge in [0, 0.05) is 24.2 Å². The summed E-state index contributed by atoms with van der Waals surface area (Å²) in [6.45, 7) is -0.741. The average Bonchev–Trinajstić information content (AvgIpc) is 2.59. The van der Waals surface area contributed by atoms with E-state index in [1.54, 1.807) is 0 Å². The number of rotatable bonds is 5. The van der Waals surface area contributed by atoms with Gasteiger partial charge in [-0.2, -0.15) is 0 Å². The zero-order valence-electron chi connectivity index (χ0n) is 12.5. The second kappa shape index (κ2) is 7.64. The molecule has 0 aliphatic carbocycles. The fourth-order valence-corrected chi connectivity index (χ4v) is 2.38. The molecule has 1 heterocycles.